The zero-order valence-electron chi connectivity index (χ0n) is 17.9. The Morgan fingerprint density at radius 1 is 0.800 bits per heavy atom. The zero-order chi connectivity index (χ0) is 26.0. The number of aromatic hydroxyl groups is 5. The maximum Gasteiger partial charge on any atom is 0.343 e. The van der Waals surface area contributed by atoms with Crippen LogP contribution in [0.4, 0.5) is 0 Å². The number of aliphatic hydroxyl groups excluding tert-OH is 3. The number of benzene rings is 2. The van der Waals surface area contributed by atoms with Crippen LogP contribution in [-0.4, -0.2) is 97.2 Å². The van der Waals surface area contributed by atoms with Crippen molar-refractivity contribution in [1.29, 1.82) is 0 Å². The molecule has 35 heavy (non-hydrogen) atoms. The average Bonchev–Trinajstić information content (AvgIpc) is 2.82. The Morgan fingerprint density at radius 3 is 1.91 bits per heavy atom. The van der Waals surface area contributed by atoms with Crippen molar-refractivity contribution in [3.05, 3.63) is 35.4 Å². The van der Waals surface area contributed by atoms with Gasteiger partial charge in [0.1, 0.15) is 31.0 Å². The Morgan fingerprint density at radius 2 is 1.34 bits per heavy atom. The number of phenolic OH excluding ortho intramolecular Hbond substituents is 5. The van der Waals surface area contributed by atoms with Gasteiger partial charge < -0.3 is 59.8 Å². The van der Waals surface area contributed by atoms with E-state index in [1.807, 2.05) is 0 Å². The summed E-state index contributed by atoms with van der Waals surface area (Å²) in [6.45, 7) is -0.619. The van der Waals surface area contributed by atoms with Gasteiger partial charge in [-0.05, 0) is 24.3 Å². The van der Waals surface area contributed by atoms with Crippen LogP contribution in [-0.2, 0) is 14.2 Å². The Kier molecular flexibility index (Phi) is 7.52. The lowest BCUT2D eigenvalue weighted by Gasteiger charge is -2.39. The number of ether oxygens (including phenoxy) is 4. The highest BCUT2D eigenvalue weighted by molar-refractivity contribution is 5.94. The van der Waals surface area contributed by atoms with Gasteiger partial charge in [0.15, 0.2) is 35.0 Å². The van der Waals surface area contributed by atoms with E-state index in [9.17, 15) is 50.4 Å². The summed E-state index contributed by atoms with van der Waals surface area (Å²) >= 11 is 0. The minimum absolute atomic E-state index is 0.409. The van der Waals surface area contributed by atoms with Gasteiger partial charge in [0, 0.05) is 7.11 Å². The maximum atomic E-state index is 12.5. The minimum Gasteiger partial charge on any atom is -0.504 e. The highest BCUT2D eigenvalue weighted by Crippen LogP contribution is 2.39. The summed E-state index contributed by atoms with van der Waals surface area (Å²) in [6, 6.07) is 3.16. The van der Waals surface area contributed by atoms with Crippen LogP contribution in [0.5, 0.6) is 34.5 Å². The van der Waals surface area contributed by atoms with Crippen molar-refractivity contribution in [1.82, 2.24) is 0 Å². The van der Waals surface area contributed by atoms with Crippen LogP contribution >= 0.6 is 0 Å². The minimum atomic E-state index is -1.65. The summed E-state index contributed by atoms with van der Waals surface area (Å²) < 4.78 is 20.0. The van der Waals surface area contributed by atoms with Crippen molar-refractivity contribution in [3.8, 4) is 34.5 Å². The molecule has 14 heteroatoms. The number of hydrogen-bond donors (Lipinski definition) is 8. The smallest absolute Gasteiger partial charge is 0.343 e. The molecule has 2 aromatic rings. The lowest BCUT2D eigenvalue weighted by Crippen LogP contribution is -2.59. The Labute approximate surface area is 196 Å². The van der Waals surface area contributed by atoms with Gasteiger partial charge in [-0.2, -0.15) is 0 Å². The van der Waals surface area contributed by atoms with Crippen molar-refractivity contribution in [3.63, 3.8) is 0 Å². The van der Waals surface area contributed by atoms with Crippen molar-refractivity contribution < 1.29 is 69.4 Å². The first-order valence-electron chi connectivity index (χ1n) is 9.87. The molecule has 0 aliphatic carbocycles. The normalized spacial score (nSPS) is 24.1. The molecule has 0 bridgehead atoms. The van der Waals surface area contributed by atoms with E-state index in [2.05, 4.69) is 0 Å². The number of phenols is 5. The van der Waals surface area contributed by atoms with Gasteiger partial charge in [0.25, 0.3) is 0 Å². The first-order valence-corrected chi connectivity index (χ1v) is 9.87. The second-order valence-corrected chi connectivity index (χ2v) is 7.44. The van der Waals surface area contributed by atoms with Crippen LogP contribution in [0.1, 0.15) is 20.7 Å². The third kappa shape index (κ3) is 5.31. The fourth-order valence-electron chi connectivity index (χ4n) is 3.16. The predicted octanol–water partition coefficient (Wildman–Crippen LogP) is -0.955. The molecule has 1 saturated heterocycles. The highest BCUT2D eigenvalue weighted by atomic mass is 16.7. The number of esters is 2. The molecule has 1 aliphatic rings. The van der Waals surface area contributed by atoms with E-state index in [4.69, 9.17) is 18.9 Å². The number of methoxy groups -OCH3 is 1. The lowest BCUT2D eigenvalue weighted by atomic mass is 9.99. The summed E-state index contributed by atoms with van der Waals surface area (Å²) in [5.74, 6) is -7.39. The molecule has 0 unspecified atom stereocenters. The molecule has 3 rings (SSSR count). The molecule has 2 aromatic carbocycles. The van der Waals surface area contributed by atoms with Crippen molar-refractivity contribution >= 4 is 11.9 Å². The van der Waals surface area contributed by atoms with Gasteiger partial charge in [-0.1, -0.05) is 0 Å². The summed E-state index contributed by atoms with van der Waals surface area (Å²) in [4.78, 5) is 24.8. The summed E-state index contributed by atoms with van der Waals surface area (Å²) in [6.07, 6.45) is -7.43. The van der Waals surface area contributed by atoms with Gasteiger partial charge in [-0.25, -0.2) is 9.59 Å². The highest BCUT2D eigenvalue weighted by Gasteiger charge is 2.44. The Bertz CT molecular complexity index is 1090. The van der Waals surface area contributed by atoms with Crippen LogP contribution in [0, 0.1) is 0 Å². The van der Waals surface area contributed by atoms with Crippen LogP contribution in [0.3, 0.4) is 0 Å². The fourth-order valence-corrected chi connectivity index (χ4v) is 3.16. The quantitative estimate of drug-likeness (QED) is 0.136. The molecule has 8 N–H and O–H groups in total. The van der Waals surface area contributed by atoms with E-state index in [0.29, 0.717) is 0 Å². The van der Waals surface area contributed by atoms with Crippen LogP contribution in [0.15, 0.2) is 24.3 Å². The van der Waals surface area contributed by atoms with Crippen molar-refractivity contribution in [2.24, 2.45) is 0 Å². The molecule has 5 atom stereocenters. The van der Waals surface area contributed by atoms with Gasteiger partial charge in [0.2, 0.25) is 5.75 Å². The van der Waals surface area contributed by atoms with Crippen LogP contribution in [0.2, 0.25) is 0 Å². The molecule has 1 fully saturated rings. The molecule has 1 heterocycles. The van der Waals surface area contributed by atoms with E-state index in [0.717, 1.165) is 24.3 Å². The number of carbonyl (C=O) groups is 2. The van der Waals surface area contributed by atoms with E-state index in [1.165, 1.54) is 7.11 Å². The standard InChI is InChI=1S/C21H22O14/c1-32-21-18(29)17(28)16(27)13(35-21)6-33-19(30)8-4-11(24)15(26)12(5-8)34-20(31)7-2-9(22)14(25)10(23)3-7/h2-5,13,16-18,21-29H,6H2,1H3/t13-,16-,17+,18-,21+/m1/s1. The second kappa shape index (κ2) is 10.2. The average molecular weight is 498 g/mol. The first-order chi connectivity index (χ1) is 16.4. The molecule has 0 spiro atoms. The van der Waals surface area contributed by atoms with Crippen LogP contribution < -0.4 is 4.74 Å². The summed E-state index contributed by atoms with van der Waals surface area (Å²) in [5.41, 5.74) is -0.852. The Hall–Kier alpha value is -3.82. The van der Waals surface area contributed by atoms with E-state index >= 15 is 0 Å². The molecular weight excluding hydrogens is 476 g/mol. The SMILES string of the molecule is CO[C@H]1O[C@H](COC(=O)c2cc(O)c(O)c(OC(=O)c3cc(O)c(O)c(O)c3)c2)[C@@H](O)[C@H](O)[C@H]1O. The maximum absolute atomic E-state index is 12.5. The largest absolute Gasteiger partial charge is 0.504 e. The molecule has 14 nitrogen and oxygen atoms in total. The molecule has 0 aromatic heterocycles. The monoisotopic (exact) mass is 498 g/mol. The first kappa shape index (κ1) is 25.8. The molecule has 1 aliphatic heterocycles. The van der Waals surface area contributed by atoms with E-state index in [1.54, 1.807) is 0 Å². The van der Waals surface area contributed by atoms with Gasteiger partial charge in [-0.15, -0.1) is 0 Å². The van der Waals surface area contributed by atoms with Gasteiger partial charge in [-0.3, -0.25) is 0 Å². The fraction of sp³-hybridized carbons (Fsp3) is 0.333. The number of hydrogen-bond acceptors (Lipinski definition) is 14. The molecule has 0 amide bonds. The zero-order valence-corrected chi connectivity index (χ0v) is 17.9. The molecule has 0 saturated carbocycles. The van der Waals surface area contributed by atoms with E-state index < -0.39 is 94.9 Å². The Balaban J connectivity index is 1.75. The third-order valence-corrected chi connectivity index (χ3v) is 5.08. The molecular formula is C21H22O14. The molecule has 0 radical (unpaired) electrons. The number of rotatable bonds is 6. The third-order valence-electron chi connectivity index (χ3n) is 5.08. The predicted molar refractivity (Wildman–Crippen MR) is 110 cm³/mol. The summed E-state index contributed by atoms with van der Waals surface area (Å²) in [5, 5.41) is 78.0. The van der Waals surface area contributed by atoms with Crippen molar-refractivity contribution in [2.45, 2.75) is 30.7 Å². The summed E-state index contributed by atoms with van der Waals surface area (Å²) in [7, 11) is 1.18. The van der Waals surface area contributed by atoms with Crippen LogP contribution in [0.25, 0.3) is 0 Å². The second-order valence-electron chi connectivity index (χ2n) is 7.44. The van der Waals surface area contributed by atoms with Crippen molar-refractivity contribution in [2.75, 3.05) is 13.7 Å². The number of carbonyl (C=O) groups excluding carboxylic acids is 2. The number of aliphatic hydroxyl groups is 3. The lowest BCUT2D eigenvalue weighted by molar-refractivity contribution is -0.294. The van der Waals surface area contributed by atoms with Gasteiger partial charge >= 0.3 is 11.9 Å². The topological polar surface area (TPSA) is 233 Å². The molecule has 190 valence electrons. The van der Waals surface area contributed by atoms with E-state index in [-0.39, 0.29) is 0 Å². The van der Waals surface area contributed by atoms with Gasteiger partial charge in [0.05, 0.1) is 11.1 Å².